The summed E-state index contributed by atoms with van der Waals surface area (Å²) in [4.78, 5) is 4.38. The molecule has 1 rings (SSSR count). The van der Waals surface area contributed by atoms with Crippen LogP contribution in [0.25, 0.3) is 0 Å². The van der Waals surface area contributed by atoms with Gasteiger partial charge in [-0.1, -0.05) is 12.2 Å². The highest BCUT2D eigenvalue weighted by Crippen LogP contribution is 2.07. The van der Waals surface area contributed by atoms with Crippen LogP contribution in [0.15, 0.2) is 17.5 Å². The van der Waals surface area contributed by atoms with Gasteiger partial charge in [-0.05, 0) is 13.8 Å². The lowest BCUT2D eigenvalue weighted by Crippen LogP contribution is -2.18. The van der Waals surface area contributed by atoms with E-state index in [2.05, 4.69) is 22.3 Å². The second kappa shape index (κ2) is 5.14. The largest absolute Gasteiger partial charge is 0.313 e. The molecule has 0 radical (unpaired) electrons. The highest BCUT2D eigenvalue weighted by atomic mass is 32.1. The molecule has 0 aromatic carbocycles. The average Bonchev–Trinajstić information content (AvgIpc) is 2.45. The standard InChI is InChI=1S/C10H16N2S/c1-8(2)6-11-5-4-10-7-13-9(3)12-10/h7,11H,1,4-6H2,2-3H3. The minimum atomic E-state index is 0.906. The van der Waals surface area contributed by atoms with Gasteiger partial charge in [0, 0.05) is 24.9 Å². The second-order valence-electron chi connectivity index (χ2n) is 3.24. The Morgan fingerprint density at radius 2 is 2.46 bits per heavy atom. The Morgan fingerprint density at radius 1 is 1.69 bits per heavy atom. The SMILES string of the molecule is C=C(C)CNCCc1csc(C)n1. The lowest BCUT2D eigenvalue weighted by atomic mass is 10.3. The summed E-state index contributed by atoms with van der Waals surface area (Å²) in [5.74, 6) is 0. The maximum atomic E-state index is 4.38. The summed E-state index contributed by atoms with van der Waals surface area (Å²) >= 11 is 1.71. The van der Waals surface area contributed by atoms with Crippen LogP contribution in [-0.2, 0) is 6.42 Å². The summed E-state index contributed by atoms with van der Waals surface area (Å²) in [6.07, 6.45) is 1.01. The van der Waals surface area contributed by atoms with Crippen LogP contribution in [0.3, 0.4) is 0 Å². The number of rotatable bonds is 5. The molecule has 0 unspecified atom stereocenters. The second-order valence-corrected chi connectivity index (χ2v) is 4.30. The molecule has 13 heavy (non-hydrogen) atoms. The minimum absolute atomic E-state index is 0.906. The number of aromatic nitrogens is 1. The summed E-state index contributed by atoms with van der Waals surface area (Å²) in [6, 6.07) is 0. The molecule has 72 valence electrons. The van der Waals surface area contributed by atoms with Gasteiger partial charge in [-0.2, -0.15) is 0 Å². The molecule has 0 spiro atoms. The quantitative estimate of drug-likeness (QED) is 0.576. The molecule has 3 heteroatoms. The Morgan fingerprint density at radius 3 is 3.00 bits per heavy atom. The van der Waals surface area contributed by atoms with Gasteiger partial charge in [0.25, 0.3) is 0 Å². The van der Waals surface area contributed by atoms with Gasteiger partial charge in [0.15, 0.2) is 0 Å². The number of nitrogens with zero attached hydrogens (tertiary/aromatic N) is 1. The van der Waals surface area contributed by atoms with Crippen LogP contribution in [0.4, 0.5) is 0 Å². The van der Waals surface area contributed by atoms with Gasteiger partial charge >= 0.3 is 0 Å². The van der Waals surface area contributed by atoms with Crippen molar-refractivity contribution in [1.82, 2.24) is 10.3 Å². The fourth-order valence-electron chi connectivity index (χ4n) is 1.04. The average molecular weight is 196 g/mol. The Hall–Kier alpha value is -0.670. The zero-order chi connectivity index (χ0) is 9.68. The molecule has 0 saturated carbocycles. The summed E-state index contributed by atoms with van der Waals surface area (Å²) in [5, 5.41) is 6.58. The molecular formula is C10H16N2S. The van der Waals surface area contributed by atoms with Gasteiger partial charge in [-0.25, -0.2) is 4.98 Å². The molecule has 0 aliphatic carbocycles. The maximum absolute atomic E-state index is 4.38. The van der Waals surface area contributed by atoms with Crippen molar-refractivity contribution in [3.05, 3.63) is 28.2 Å². The molecule has 0 aliphatic rings. The van der Waals surface area contributed by atoms with E-state index >= 15 is 0 Å². The monoisotopic (exact) mass is 196 g/mol. The summed E-state index contributed by atoms with van der Waals surface area (Å²) < 4.78 is 0. The lowest BCUT2D eigenvalue weighted by molar-refractivity contribution is 0.721. The molecule has 0 aliphatic heterocycles. The summed E-state index contributed by atoms with van der Waals surface area (Å²) in [6.45, 7) is 9.78. The van der Waals surface area contributed by atoms with Crippen LogP contribution in [0.1, 0.15) is 17.6 Å². The van der Waals surface area contributed by atoms with Crippen molar-refractivity contribution in [2.24, 2.45) is 0 Å². The van der Waals surface area contributed by atoms with Crippen LogP contribution >= 0.6 is 11.3 Å². The molecule has 0 amide bonds. The van der Waals surface area contributed by atoms with E-state index in [1.54, 1.807) is 11.3 Å². The Labute approximate surface area is 83.7 Å². The molecule has 0 saturated heterocycles. The zero-order valence-corrected chi connectivity index (χ0v) is 9.08. The molecule has 1 aromatic rings. The van der Waals surface area contributed by atoms with Crippen molar-refractivity contribution in [1.29, 1.82) is 0 Å². The number of hydrogen-bond acceptors (Lipinski definition) is 3. The Kier molecular flexibility index (Phi) is 4.12. The van der Waals surface area contributed by atoms with Crippen LogP contribution in [0, 0.1) is 6.92 Å². The van der Waals surface area contributed by atoms with Gasteiger partial charge in [-0.3, -0.25) is 0 Å². The van der Waals surface area contributed by atoms with E-state index in [1.165, 1.54) is 11.3 Å². The Bertz CT molecular complexity index is 278. The maximum Gasteiger partial charge on any atom is 0.0897 e. The smallest absolute Gasteiger partial charge is 0.0897 e. The van der Waals surface area contributed by atoms with Gasteiger partial charge in [-0.15, -0.1) is 11.3 Å². The highest BCUT2D eigenvalue weighted by Gasteiger charge is 1.96. The number of thiazole rings is 1. The third-order valence-corrected chi connectivity index (χ3v) is 2.47. The normalized spacial score (nSPS) is 10.3. The molecule has 1 heterocycles. The predicted octanol–water partition coefficient (Wildman–Crippen LogP) is 2.16. The zero-order valence-electron chi connectivity index (χ0n) is 8.26. The first-order valence-electron chi connectivity index (χ1n) is 4.44. The number of nitrogens with one attached hydrogen (secondary N) is 1. The van der Waals surface area contributed by atoms with Gasteiger partial charge in [0.2, 0.25) is 0 Å². The predicted molar refractivity (Wildman–Crippen MR) is 58.2 cm³/mol. The number of aryl methyl sites for hydroxylation is 1. The van der Waals surface area contributed by atoms with E-state index < -0.39 is 0 Å². The summed E-state index contributed by atoms with van der Waals surface area (Å²) in [7, 11) is 0. The first-order valence-corrected chi connectivity index (χ1v) is 5.32. The first kappa shape index (κ1) is 10.4. The lowest BCUT2D eigenvalue weighted by Gasteiger charge is -2.01. The molecule has 2 nitrogen and oxygen atoms in total. The van der Waals surface area contributed by atoms with Crippen molar-refractivity contribution in [3.63, 3.8) is 0 Å². The first-order chi connectivity index (χ1) is 6.18. The van der Waals surface area contributed by atoms with Crippen LogP contribution in [0.2, 0.25) is 0 Å². The molecule has 1 aromatic heterocycles. The molecule has 0 atom stereocenters. The van der Waals surface area contributed by atoms with Crippen molar-refractivity contribution < 1.29 is 0 Å². The number of hydrogen-bond donors (Lipinski definition) is 1. The minimum Gasteiger partial charge on any atom is -0.313 e. The Balaban J connectivity index is 2.16. The van der Waals surface area contributed by atoms with E-state index in [-0.39, 0.29) is 0 Å². The fraction of sp³-hybridized carbons (Fsp3) is 0.500. The molecule has 1 N–H and O–H groups in total. The van der Waals surface area contributed by atoms with Crippen molar-refractivity contribution >= 4 is 11.3 Å². The van der Waals surface area contributed by atoms with Crippen LogP contribution in [-0.4, -0.2) is 18.1 Å². The topological polar surface area (TPSA) is 24.9 Å². The molecule has 0 bridgehead atoms. The van der Waals surface area contributed by atoms with E-state index in [0.717, 1.165) is 24.5 Å². The molecule has 0 fully saturated rings. The third-order valence-electron chi connectivity index (χ3n) is 1.65. The fourth-order valence-corrected chi connectivity index (χ4v) is 1.69. The van der Waals surface area contributed by atoms with Gasteiger partial charge in [0.1, 0.15) is 0 Å². The van der Waals surface area contributed by atoms with E-state index in [0.29, 0.717) is 0 Å². The van der Waals surface area contributed by atoms with Gasteiger partial charge in [0.05, 0.1) is 10.7 Å². The van der Waals surface area contributed by atoms with Crippen molar-refractivity contribution in [3.8, 4) is 0 Å². The summed E-state index contributed by atoms with van der Waals surface area (Å²) in [5.41, 5.74) is 2.37. The van der Waals surface area contributed by atoms with Crippen LogP contribution in [0.5, 0.6) is 0 Å². The van der Waals surface area contributed by atoms with E-state index in [9.17, 15) is 0 Å². The van der Waals surface area contributed by atoms with Crippen molar-refractivity contribution in [2.75, 3.05) is 13.1 Å². The van der Waals surface area contributed by atoms with Crippen molar-refractivity contribution in [2.45, 2.75) is 20.3 Å². The van der Waals surface area contributed by atoms with E-state index in [1.807, 2.05) is 13.8 Å². The van der Waals surface area contributed by atoms with Gasteiger partial charge < -0.3 is 5.32 Å². The third kappa shape index (κ3) is 4.20. The van der Waals surface area contributed by atoms with Crippen LogP contribution < -0.4 is 5.32 Å². The van der Waals surface area contributed by atoms with E-state index in [4.69, 9.17) is 0 Å². The molecular weight excluding hydrogens is 180 g/mol. The highest BCUT2D eigenvalue weighted by molar-refractivity contribution is 7.09.